The second-order valence-electron chi connectivity index (χ2n) is 6.21. The van der Waals surface area contributed by atoms with Crippen LogP contribution in [-0.4, -0.2) is 30.8 Å². The Balaban J connectivity index is 2.29. The van der Waals surface area contributed by atoms with E-state index in [0.29, 0.717) is 17.5 Å². The fraction of sp³-hybridized carbons (Fsp3) is 0.733. The summed E-state index contributed by atoms with van der Waals surface area (Å²) in [5, 5.41) is 5.19. The van der Waals surface area contributed by atoms with Crippen molar-refractivity contribution in [3.63, 3.8) is 0 Å². The zero-order valence-corrected chi connectivity index (χ0v) is 14.9. The molecule has 2 atom stereocenters. The number of sulfonamides is 1. The predicted octanol–water partition coefficient (Wildman–Crippen LogP) is 3.20. The molecule has 0 aliphatic carbocycles. The number of hydrogen-bond donors (Lipinski definition) is 1. The summed E-state index contributed by atoms with van der Waals surface area (Å²) in [5.74, 6) is 0. The minimum absolute atomic E-state index is 0.0876. The van der Waals surface area contributed by atoms with Gasteiger partial charge in [0.05, 0.1) is 4.90 Å². The summed E-state index contributed by atoms with van der Waals surface area (Å²) in [4.78, 5) is 1.40. The molecule has 1 saturated heterocycles. The molecule has 1 aromatic heterocycles. The highest BCUT2D eigenvalue weighted by molar-refractivity contribution is 7.89. The Morgan fingerprint density at radius 2 is 1.95 bits per heavy atom. The molecule has 0 unspecified atom stereocenters. The summed E-state index contributed by atoms with van der Waals surface area (Å²) in [6, 6.07) is 2.27. The van der Waals surface area contributed by atoms with E-state index in [0.717, 1.165) is 24.1 Å². The summed E-state index contributed by atoms with van der Waals surface area (Å²) >= 11 is 1.52. The molecular weight excluding hydrogens is 304 g/mol. The lowest BCUT2D eigenvalue weighted by Gasteiger charge is -2.37. The third-order valence-corrected chi connectivity index (χ3v) is 7.31. The van der Waals surface area contributed by atoms with E-state index in [9.17, 15) is 8.42 Å². The molecule has 1 N–H and O–H groups in total. The zero-order valence-electron chi connectivity index (χ0n) is 13.3. The highest BCUT2D eigenvalue weighted by Crippen LogP contribution is 2.32. The molecule has 21 heavy (non-hydrogen) atoms. The van der Waals surface area contributed by atoms with Crippen molar-refractivity contribution in [2.75, 3.05) is 0 Å². The van der Waals surface area contributed by atoms with Crippen LogP contribution >= 0.6 is 11.3 Å². The van der Waals surface area contributed by atoms with E-state index >= 15 is 0 Å². The molecule has 4 nitrogen and oxygen atoms in total. The van der Waals surface area contributed by atoms with Gasteiger partial charge in [-0.3, -0.25) is 0 Å². The third kappa shape index (κ3) is 3.67. The molecule has 1 aliphatic heterocycles. The first-order valence-corrected chi connectivity index (χ1v) is 9.99. The topological polar surface area (TPSA) is 49.4 Å². The predicted molar refractivity (Wildman–Crippen MR) is 88.1 cm³/mol. The Morgan fingerprint density at radius 3 is 2.52 bits per heavy atom. The van der Waals surface area contributed by atoms with Crippen LogP contribution in [0, 0.1) is 0 Å². The first kappa shape index (κ1) is 16.9. The molecule has 2 heterocycles. The Labute approximate surface area is 132 Å². The lowest BCUT2D eigenvalue weighted by Crippen LogP contribution is -2.47. The van der Waals surface area contributed by atoms with E-state index in [1.165, 1.54) is 11.3 Å². The van der Waals surface area contributed by atoms with Gasteiger partial charge in [0, 0.05) is 29.5 Å². The molecule has 1 aliphatic rings. The summed E-state index contributed by atoms with van der Waals surface area (Å²) in [6.07, 6.45) is 3.01. The summed E-state index contributed by atoms with van der Waals surface area (Å²) < 4.78 is 27.8. The largest absolute Gasteiger partial charge is 0.310 e. The van der Waals surface area contributed by atoms with Crippen molar-refractivity contribution >= 4 is 21.4 Å². The van der Waals surface area contributed by atoms with Gasteiger partial charge in [-0.2, -0.15) is 4.31 Å². The number of rotatable bonds is 5. The van der Waals surface area contributed by atoms with Gasteiger partial charge in [-0.1, -0.05) is 20.3 Å². The van der Waals surface area contributed by atoms with Crippen LogP contribution in [0.2, 0.25) is 0 Å². The van der Waals surface area contributed by atoms with Gasteiger partial charge in [-0.05, 0) is 38.1 Å². The molecule has 0 saturated carbocycles. The molecule has 0 bridgehead atoms. The highest BCUT2D eigenvalue weighted by atomic mass is 32.2. The Morgan fingerprint density at radius 1 is 1.33 bits per heavy atom. The molecule has 0 spiro atoms. The average molecular weight is 331 g/mol. The van der Waals surface area contributed by atoms with Crippen LogP contribution in [-0.2, 0) is 16.6 Å². The van der Waals surface area contributed by atoms with Crippen LogP contribution in [0.1, 0.15) is 51.8 Å². The van der Waals surface area contributed by atoms with Crippen LogP contribution in [0.3, 0.4) is 0 Å². The minimum Gasteiger partial charge on any atom is -0.310 e. The van der Waals surface area contributed by atoms with Crippen LogP contribution in [0.15, 0.2) is 16.3 Å². The first-order valence-electron chi connectivity index (χ1n) is 7.67. The van der Waals surface area contributed by atoms with Crippen LogP contribution in [0.4, 0.5) is 0 Å². The van der Waals surface area contributed by atoms with Gasteiger partial charge in [0.2, 0.25) is 10.0 Å². The fourth-order valence-electron chi connectivity index (χ4n) is 2.97. The number of nitrogens with zero attached hydrogens (tertiary/aromatic N) is 1. The second-order valence-corrected chi connectivity index (χ2v) is 9.02. The van der Waals surface area contributed by atoms with E-state index in [2.05, 4.69) is 19.2 Å². The van der Waals surface area contributed by atoms with Crippen molar-refractivity contribution in [2.24, 2.45) is 0 Å². The van der Waals surface area contributed by atoms with E-state index < -0.39 is 10.0 Å². The quantitative estimate of drug-likeness (QED) is 0.902. The molecule has 120 valence electrons. The number of nitrogens with one attached hydrogen (secondary N) is 1. The van der Waals surface area contributed by atoms with Crippen LogP contribution < -0.4 is 5.32 Å². The molecule has 0 aromatic carbocycles. The second kappa shape index (κ2) is 6.77. The molecule has 0 radical (unpaired) electrons. The standard InChI is InChI=1S/C15H26N2O2S2/c1-11(2)16-10-14-15(8-9-20-14)21(18,19)17-12(3)6-5-7-13(17)4/h8-9,11-13,16H,5-7,10H2,1-4H3/t12-,13+. The maximum absolute atomic E-state index is 13.0. The van der Waals surface area contributed by atoms with Crippen molar-refractivity contribution in [3.8, 4) is 0 Å². The van der Waals surface area contributed by atoms with Gasteiger partial charge in [0.25, 0.3) is 0 Å². The molecule has 1 fully saturated rings. The molecule has 1 aromatic rings. The average Bonchev–Trinajstić information content (AvgIpc) is 2.84. The minimum atomic E-state index is -3.39. The van der Waals surface area contributed by atoms with Crippen molar-refractivity contribution in [1.29, 1.82) is 0 Å². The van der Waals surface area contributed by atoms with Gasteiger partial charge in [0.15, 0.2) is 0 Å². The van der Waals surface area contributed by atoms with Crippen molar-refractivity contribution in [1.82, 2.24) is 9.62 Å². The smallest absolute Gasteiger partial charge is 0.244 e. The molecule has 0 amide bonds. The lowest BCUT2D eigenvalue weighted by molar-refractivity contribution is 0.204. The summed E-state index contributed by atoms with van der Waals surface area (Å²) in [5.41, 5.74) is 0. The van der Waals surface area contributed by atoms with Crippen LogP contribution in [0.25, 0.3) is 0 Å². The van der Waals surface area contributed by atoms with E-state index in [-0.39, 0.29) is 12.1 Å². The van der Waals surface area contributed by atoms with Crippen molar-refractivity contribution < 1.29 is 8.42 Å². The normalized spacial score (nSPS) is 24.6. The number of hydrogen-bond acceptors (Lipinski definition) is 4. The van der Waals surface area contributed by atoms with Gasteiger partial charge < -0.3 is 5.32 Å². The van der Waals surface area contributed by atoms with Crippen molar-refractivity contribution in [3.05, 3.63) is 16.3 Å². The Bertz CT molecular complexity index is 556. The maximum Gasteiger partial charge on any atom is 0.244 e. The SMILES string of the molecule is CC(C)NCc1sccc1S(=O)(=O)N1[C@H](C)CCC[C@@H]1C. The van der Waals surface area contributed by atoms with Gasteiger partial charge in [-0.25, -0.2) is 8.42 Å². The monoisotopic (exact) mass is 330 g/mol. The van der Waals surface area contributed by atoms with Gasteiger partial charge in [0.1, 0.15) is 0 Å². The van der Waals surface area contributed by atoms with Gasteiger partial charge in [-0.15, -0.1) is 11.3 Å². The molecule has 6 heteroatoms. The Hall–Kier alpha value is -0.430. The van der Waals surface area contributed by atoms with E-state index in [1.54, 1.807) is 10.4 Å². The molecule has 2 rings (SSSR count). The van der Waals surface area contributed by atoms with E-state index in [4.69, 9.17) is 0 Å². The zero-order chi connectivity index (χ0) is 15.6. The summed E-state index contributed by atoms with van der Waals surface area (Å²) in [6.45, 7) is 8.78. The highest BCUT2D eigenvalue weighted by Gasteiger charge is 2.37. The number of thiophene rings is 1. The molecular formula is C15H26N2O2S2. The van der Waals surface area contributed by atoms with Crippen molar-refractivity contribution in [2.45, 2.75) is 76.5 Å². The lowest BCUT2D eigenvalue weighted by atomic mass is 10.0. The number of piperidine rings is 1. The van der Waals surface area contributed by atoms with Gasteiger partial charge >= 0.3 is 0 Å². The van der Waals surface area contributed by atoms with E-state index in [1.807, 2.05) is 19.2 Å². The summed E-state index contributed by atoms with van der Waals surface area (Å²) in [7, 11) is -3.39. The Kier molecular flexibility index (Phi) is 5.46. The van der Waals surface area contributed by atoms with Crippen LogP contribution in [0.5, 0.6) is 0 Å². The fourth-order valence-corrected chi connectivity index (χ4v) is 6.22. The third-order valence-electron chi connectivity index (χ3n) is 4.04. The maximum atomic E-state index is 13.0. The first-order chi connectivity index (χ1) is 9.84.